The molecule has 0 radical (unpaired) electrons. The molecule has 0 amide bonds. The van der Waals surface area contributed by atoms with Gasteiger partial charge in [-0.3, -0.25) is 0 Å². The second-order valence-corrected chi connectivity index (χ2v) is 10.3. The summed E-state index contributed by atoms with van der Waals surface area (Å²) < 4.78 is 15.8. The van der Waals surface area contributed by atoms with Crippen LogP contribution in [0, 0.1) is 0 Å². The third kappa shape index (κ3) is 6.20. The molecule has 0 unspecified atom stereocenters. The minimum Gasteiger partial charge on any atom is -0.438 e. The van der Waals surface area contributed by atoms with Crippen molar-refractivity contribution in [3.8, 4) is 11.6 Å². The Kier molecular flexibility index (Phi) is 8.49. The number of rotatable bonds is 6. The van der Waals surface area contributed by atoms with Gasteiger partial charge in [0.2, 0.25) is 5.88 Å². The molecule has 0 spiro atoms. The molecule has 2 aliphatic heterocycles. The first-order valence-corrected chi connectivity index (χ1v) is 13.8. The molecule has 0 saturated carbocycles. The van der Waals surface area contributed by atoms with Gasteiger partial charge in [0.15, 0.2) is 0 Å². The molecule has 3 aromatic rings. The summed E-state index contributed by atoms with van der Waals surface area (Å²) in [5.41, 5.74) is 2.72. The molecule has 8 nitrogen and oxygen atoms in total. The maximum Gasteiger partial charge on any atom is 0.516 e. The highest BCUT2D eigenvalue weighted by Gasteiger charge is 2.33. The zero-order valence-electron chi connectivity index (χ0n) is 22.3. The zero-order valence-corrected chi connectivity index (χ0v) is 23.0. The molecule has 2 aromatic carbocycles. The maximum atomic E-state index is 12.8. The molecule has 2 aliphatic rings. The Bertz CT molecular complexity index is 1410. The highest BCUT2D eigenvalue weighted by atomic mass is 35.5. The predicted molar refractivity (Wildman–Crippen MR) is 151 cm³/mol. The zero-order chi connectivity index (χ0) is 28.1. The van der Waals surface area contributed by atoms with Gasteiger partial charge in [-0.05, 0) is 73.7 Å². The average molecular weight is 563 g/mol. The van der Waals surface area contributed by atoms with Crippen LogP contribution in [0.1, 0.15) is 53.2 Å². The van der Waals surface area contributed by atoms with Crippen LogP contribution >= 0.6 is 11.6 Å². The summed E-state index contributed by atoms with van der Waals surface area (Å²) in [4.78, 5) is 31.4. The summed E-state index contributed by atoms with van der Waals surface area (Å²) >= 11 is 6.02. The Hall–Kier alpha value is -3.72. The van der Waals surface area contributed by atoms with E-state index < -0.39 is 17.7 Å². The van der Waals surface area contributed by atoms with E-state index in [2.05, 4.69) is 16.0 Å². The molecule has 1 aromatic heterocycles. The van der Waals surface area contributed by atoms with Gasteiger partial charge in [-0.15, -0.1) is 0 Å². The molecular weight excluding hydrogens is 532 g/mol. The number of benzene rings is 2. The first-order chi connectivity index (χ1) is 19.4. The monoisotopic (exact) mass is 562 g/mol. The lowest BCUT2D eigenvalue weighted by Crippen LogP contribution is -2.42. The number of carbonyl (C=O) groups is 2. The number of allylic oxidation sites excluding steroid dienone is 1. The van der Waals surface area contributed by atoms with Crippen molar-refractivity contribution in [3.63, 3.8) is 0 Å². The highest BCUT2D eigenvalue weighted by Crippen LogP contribution is 2.39. The molecular formula is C31H31ClN2O6. The van der Waals surface area contributed by atoms with Gasteiger partial charge in [0.25, 0.3) is 0 Å². The molecule has 0 bridgehead atoms. The van der Waals surface area contributed by atoms with Crippen LogP contribution in [0.15, 0.2) is 66.9 Å². The number of nitrogens with zero attached hydrogens (tertiary/aromatic N) is 2. The number of esters is 1. The second kappa shape index (κ2) is 12.2. The van der Waals surface area contributed by atoms with Crippen LogP contribution < -0.4 is 4.74 Å². The van der Waals surface area contributed by atoms with E-state index in [0.29, 0.717) is 41.5 Å². The van der Waals surface area contributed by atoms with E-state index in [4.69, 9.17) is 25.8 Å². The normalized spacial score (nSPS) is 17.2. The topological polar surface area (TPSA) is 98.2 Å². The number of ether oxygens (including phenoxy) is 3. The first kappa shape index (κ1) is 27.8. The van der Waals surface area contributed by atoms with Gasteiger partial charge in [0.1, 0.15) is 5.75 Å². The molecule has 5 rings (SSSR count). The smallest absolute Gasteiger partial charge is 0.438 e. The fourth-order valence-electron chi connectivity index (χ4n) is 5.22. The van der Waals surface area contributed by atoms with Crippen LogP contribution in [0.3, 0.4) is 0 Å². The van der Waals surface area contributed by atoms with Crippen LogP contribution in [0.2, 0.25) is 5.02 Å². The van der Waals surface area contributed by atoms with Crippen LogP contribution in [0.25, 0.3) is 5.57 Å². The summed E-state index contributed by atoms with van der Waals surface area (Å²) in [6.07, 6.45) is 5.22. The molecule has 1 fully saturated rings. The standard InChI is InChI=1S/C31H31ClN2O6/c1-2-38-30(36)40-29(35)25-7-3-9-27-26(25)20-21(24-8-4-16-33-28(24)39-27)6-5-17-34-18-14-31(37,15-19-34)22-10-12-23(32)13-11-22/h3-4,6-13,16,37H,2,5,14-15,17-20H2,1H3. The van der Waals surface area contributed by atoms with Crippen LogP contribution in [0.4, 0.5) is 4.79 Å². The van der Waals surface area contributed by atoms with Crippen molar-refractivity contribution in [2.24, 2.45) is 0 Å². The lowest BCUT2D eigenvalue weighted by Gasteiger charge is -2.38. The van der Waals surface area contributed by atoms with Crippen molar-refractivity contribution in [2.75, 3.05) is 26.2 Å². The van der Waals surface area contributed by atoms with E-state index in [9.17, 15) is 14.7 Å². The number of piperidine rings is 1. The fourth-order valence-corrected chi connectivity index (χ4v) is 5.34. The number of halogens is 1. The lowest BCUT2D eigenvalue weighted by molar-refractivity contribution is -0.0254. The summed E-state index contributed by atoms with van der Waals surface area (Å²) in [6.45, 7) is 4.11. The van der Waals surface area contributed by atoms with E-state index in [0.717, 1.165) is 42.8 Å². The van der Waals surface area contributed by atoms with E-state index >= 15 is 0 Å². The number of fused-ring (bicyclic) bond motifs is 2. The Morgan fingerprint density at radius 1 is 1.12 bits per heavy atom. The van der Waals surface area contributed by atoms with Crippen LogP contribution in [-0.4, -0.2) is 53.4 Å². The molecule has 0 aliphatic carbocycles. The number of hydrogen-bond donors (Lipinski definition) is 1. The number of pyridine rings is 1. The van der Waals surface area contributed by atoms with Crippen molar-refractivity contribution in [3.05, 3.63) is 94.1 Å². The van der Waals surface area contributed by atoms with Gasteiger partial charge in [-0.1, -0.05) is 35.9 Å². The van der Waals surface area contributed by atoms with E-state index in [1.807, 2.05) is 36.4 Å². The predicted octanol–water partition coefficient (Wildman–Crippen LogP) is 6.15. The van der Waals surface area contributed by atoms with E-state index in [-0.39, 0.29) is 12.2 Å². The third-order valence-electron chi connectivity index (χ3n) is 7.38. The van der Waals surface area contributed by atoms with Crippen molar-refractivity contribution < 1.29 is 28.9 Å². The van der Waals surface area contributed by atoms with Gasteiger partial charge < -0.3 is 24.2 Å². The van der Waals surface area contributed by atoms with Crippen LogP contribution in [-0.2, 0) is 21.5 Å². The maximum absolute atomic E-state index is 12.8. The number of aliphatic hydroxyl groups is 1. The largest absolute Gasteiger partial charge is 0.516 e. The minimum absolute atomic E-state index is 0.105. The lowest BCUT2D eigenvalue weighted by atomic mass is 9.84. The summed E-state index contributed by atoms with van der Waals surface area (Å²) in [6, 6.07) is 16.3. The molecule has 208 valence electrons. The minimum atomic E-state index is -1.04. The van der Waals surface area contributed by atoms with E-state index in [1.165, 1.54) is 0 Å². The second-order valence-electron chi connectivity index (χ2n) is 9.89. The summed E-state index contributed by atoms with van der Waals surface area (Å²) in [5.74, 6) is 0.146. The average Bonchev–Trinajstić information content (AvgIpc) is 3.11. The van der Waals surface area contributed by atoms with Crippen LogP contribution in [0.5, 0.6) is 11.6 Å². The van der Waals surface area contributed by atoms with Gasteiger partial charge in [0, 0.05) is 48.4 Å². The van der Waals surface area contributed by atoms with Crippen molar-refractivity contribution in [1.82, 2.24) is 9.88 Å². The fraction of sp³-hybridized carbons (Fsp3) is 0.323. The first-order valence-electron chi connectivity index (χ1n) is 13.4. The van der Waals surface area contributed by atoms with Gasteiger partial charge in [-0.2, -0.15) is 0 Å². The van der Waals surface area contributed by atoms with Crippen molar-refractivity contribution in [2.45, 2.75) is 38.2 Å². The molecule has 0 atom stereocenters. The van der Waals surface area contributed by atoms with Gasteiger partial charge >= 0.3 is 12.1 Å². The summed E-state index contributed by atoms with van der Waals surface area (Å²) in [7, 11) is 0. The summed E-state index contributed by atoms with van der Waals surface area (Å²) in [5, 5.41) is 11.9. The molecule has 1 saturated heterocycles. The Morgan fingerprint density at radius 2 is 1.90 bits per heavy atom. The Morgan fingerprint density at radius 3 is 2.65 bits per heavy atom. The quantitative estimate of drug-likeness (QED) is 0.282. The highest BCUT2D eigenvalue weighted by molar-refractivity contribution is 6.30. The molecule has 3 heterocycles. The van der Waals surface area contributed by atoms with Crippen molar-refractivity contribution >= 4 is 29.3 Å². The third-order valence-corrected chi connectivity index (χ3v) is 7.63. The Labute approximate surface area is 238 Å². The molecule has 9 heteroatoms. The number of aromatic nitrogens is 1. The number of likely N-dealkylation sites (tertiary alicyclic amines) is 1. The SMILES string of the molecule is CCOC(=O)OC(=O)c1cccc2c1CC(=CCCN1CCC(O)(c3ccc(Cl)cc3)CC1)c1cccnc1O2. The van der Waals surface area contributed by atoms with Gasteiger partial charge in [0.05, 0.1) is 17.8 Å². The molecule has 40 heavy (non-hydrogen) atoms. The Balaban J connectivity index is 1.31. The van der Waals surface area contributed by atoms with Gasteiger partial charge in [-0.25, -0.2) is 14.6 Å². The van der Waals surface area contributed by atoms with Crippen molar-refractivity contribution in [1.29, 1.82) is 0 Å². The number of hydrogen-bond acceptors (Lipinski definition) is 8. The van der Waals surface area contributed by atoms with E-state index in [1.54, 1.807) is 31.3 Å². The molecule has 1 N–H and O–H groups in total. The number of carbonyl (C=O) groups excluding carboxylic acids is 2.